The second-order valence-electron chi connectivity index (χ2n) is 7.16. The summed E-state index contributed by atoms with van der Waals surface area (Å²) in [6, 6.07) is 10.3. The van der Waals surface area contributed by atoms with Gasteiger partial charge in [-0.1, -0.05) is 6.07 Å². The van der Waals surface area contributed by atoms with Crippen LogP contribution in [0.15, 0.2) is 48.8 Å². The highest BCUT2D eigenvalue weighted by Crippen LogP contribution is 2.31. The van der Waals surface area contributed by atoms with Gasteiger partial charge in [-0.3, -0.25) is 0 Å². The Hall–Kier alpha value is -4.01. The SMILES string of the molecule is COc1ccc(F)c2c1cc(C)n2CCNc1cc(-c2ccc(C(=O)O)c(F)c2)ncn1. The van der Waals surface area contributed by atoms with Crippen molar-refractivity contribution in [3.8, 4) is 17.0 Å². The topological polar surface area (TPSA) is 89.3 Å². The van der Waals surface area contributed by atoms with Crippen molar-refractivity contribution in [1.29, 1.82) is 0 Å². The second kappa shape index (κ2) is 8.62. The number of aromatic carboxylic acids is 1. The van der Waals surface area contributed by atoms with Crippen LogP contribution in [-0.4, -0.2) is 39.3 Å². The molecule has 0 unspecified atom stereocenters. The van der Waals surface area contributed by atoms with Gasteiger partial charge in [0.2, 0.25) is 0 Å². The number of carbonyl (C=O) groups is 1. The van der Waals surface area contributed by atoms with Gasteiger partial charge in [-0.25, -0.2) is 23.5 Å². The van der Waals surface area contributed by atoms with E-state index < -0.39 is 17.3 Å². The van der Waals surface area contributed by atoms with Crippen LogP contribution in [0.1, 0.15) is 16.1 Å². The van der Waals surface area contributed by atoms with Gasteiger partial charge in [0.15, 0.2) is 0 Å². The van der Waals surface area contributed by atoms with Gasteiger partial charge in [0.1, 0.15) is 29.5 Å². The van der Waals surface area contributed by atoms with Crippen LogP contribution in [-0.2, 0) is 6.54 Å². The Balaban J connectivity index is 1.52. The minimum atomic E-state index is -1.33. The molecule has 0 aliphatic heterocycles. The van der Waals surface area contributed by atoms with Crippen molar-refractivity contribution in [2.45, 2.75) is 13.5 Å². The Morgan fingerprint density at radius 3 is 2.66 bits per heavy atom. The van der Waals surface area contributed by atoms with E-state index in [2.05, 4.69) is 15.3 Å². The van der Waals surface area contributed by atoms with Crippen LogP contribution >= 0.6 is 0 Å². The minimum absolute atomic E-state index is 0.329. The zero-order chi connectivity index (χ0) is 22.8. The predicted octanol–water partition coefficient (Wildman–Crippen LogP) is 4.50. The molecular weight excluding hydrogens is 418 g/mol. The molecule has 0 aliphatic rings. The van der Waals surface area contributed by atoms with Gasteiger partial charge in [-0.15, -0.1) is 0 Å². The summed E-state index contributed by atoms with van der Waals surface area (Å²) in [5.41, 5.74) is 1.83. The number of halogens is 2. The van der Waals surface area contributed by atoms with Crippen molar-refractivity contribution in [2.75, 3.05) is 19.0 Å². The number of hydrogen-bond donors (Lipinski definition) is 2. The molecule has 0 radical (unpaired) electrons. The Morgan fingerprint density at radius 1 is 1.12 bits per heavy atom. The molecule has 0 amide bonds. The average Bonchev–Trinajstić information content (AvgIpc) is 3.11. The normalized spacial score (nSPS) is 11.0. The summed E-state index contributed by atoms with van der Waals surface area (Å²) >= 11 is 0. The Kier molecular flexibility index (Phi) is 5.72. The number of nitrogens with one attached hydrogen (secondary N) is 1. The zero-order valence-corrected chi connectivity index (χ0v) is 17.4. The molecule has 2 N–H and O–H groups in total. The Morgan fingerprint density at radius 2 is 1.94 bits per heavy atom. The number of anilines is 1. The molecule has 164 valence electrons. The first-order valence-electron chi connectivity index (χ1n) is 9.80. The summed E-state index contributed by atoms with van der Waals surface area (Å²) in [7, 11) is 1.55. The molecule has 0 spiro atoms. The van der Waals surface area contributed by atoms with Crippen LogP contribution in [0.5, 0.6) is 5.75 Å². The molecule has 2 aromatic heterocycles. The number of fused-ring (bicyclic) bond motifs is 1. The summed E-state index contributed by atoms with van der Waals surface area (Å²) in [5, 5.41) is 12.8. The number of hydrogen-bond acceptors (Lipinski definition) is 5. The summed E-state index contributed by atoms with van der Waals surface area (Å²) in [4.78, 5) is 19.3. The summed E-state index contributed by atoms with van der Waals surface area (Å²) in [5.74, 6) is -1.38. The molecular formula is C23H20F2N4O3. The Bertz CT molecular complexity index is 1320. The van der Waals surface area contributed by atoms with Gasteiger partial charge in [0, 0.05) is 35.8 Å². The van der Waals surface area contributed by atoms with Crippen molar-refractivity contribution in [3.05, 3.63) is 71.7 Å². The quantitative estimate of drug-likeness (QED) is 0.442. The summed E-state index contributed by atoms with van der Waals surface area (Å²) in [6.07, 6.45) is 1.33. The van der Waals surface area contributed by atoms with Crippen molar-refractivity contribution < 1.29 is 23.4 Å². The van der Waals surface area contributed by atoms with E-state index >= 15 is 0 Å². The minimum Gasteiger partial charge on any atom is -0.496 e. The summed E-state index contributed by atoms with van der Waals surface area (Å²) in [6.45, 7) is 2.82. The molecule has 4 aromatic rings. The predicted molar refractivity (Wildman–Crippen MR) is 116 cm³/mol. The summed E-state index contributed by atoms with van der Waals surface area (Å²) < 4.78 is 35.7. The molecule has 2 aromatic carbocycles. The fourth-order valence-corrected chi connectivity index (χ4v) is 3.66. The van der Waals surface area contributed by atoms with Crippen LogP contribution < -0.4 is 10.1 Å². The van der Waals surface area contributed by atoms with E-state index in [0.717, 1.165) is 11.8 Å². The molecule has 0 bridgehead atoms. The van der Waals surface area contributed by atoms with Crippen LogP contribution in [0.2, 0.25) is 0 Å². The molecule has 32 heavy (non-hydrogen) atoms. The molecule has 0 saturated carbocycles. The van der Waals surface area contributed by atoms with E-state index in [0.29, 0.717) is 46.8 Å². The van der Waals surface area contributed by atoms with E-state index in [1.807, 2.05) is 17.6 Å². The highest BCUT2D eigenvalue weighted by Gasteiger charge is 2.15. The zero-order valence-electron chi connectivity index (χ0n) is 17.4. The second-order valence-corrected chi connectivity index (χ2v) is 7.16. The lowest BCUT2D eigenvalue weighted by Gasteiger charge is -2.12. The first kappa shape index (κ1) is 21.2. The van der Waals surface area contributed by atoms with E-state index in [1.54, 1.807) is 19.2 Å². The average molecular weight is 438 g/mol. The van der Waals surface area contributed by atoms with Gasteiger partial charge in [0.05, 0.1) is 23.9 Å². The number of aromatic nitrogens is 3. The number of carboxylic acid groups (broad SMARTS) is 1. The van der Waals surface area contributed by atoms with Crippen LogP contribution in [0, 0.1) is 18.6 Å². The van der Waals surface area contributed by atoms with Crippen molar-refractivity contribution in [1.82, 2.24) is 14.5 Å². The maximum absolute atomic E-state index is 14.5. The van der Waals surface area contributed by atoms with Crippen LogP contribution in [0.25, 0.3) is 22.2 Å². The van der Waals surface area contributed by atoms with E-state index in [1.165, 1.54) is 24.5 Å². The number of ether oxygens (including phenoxy) is 1. The first-order chi connectivity index (χ1) is 15.4. The molecule has 0 fully saturated rings. The third-order valence-electron chi connectivity index (χ3n) is 5.20. The molecule has 7 nitrogen and oxygen atoms in total. The number of methoxy groups -OCH3 is 1. The van der Waals surface area contributed by atoms with Gasteiger partial charge in [-0.05, 0) is 37.3 Å². The van der Waals surface area contributed by atoms with E-state index in [9.17, 15) is 13.6 Å². The first-order valence-corrected chi connectivity index (χ1v) is 9.80. The fourth-order valence-electron chi connectivity index (χ4n) is 3.66. The van der Waals surface area contributed by atoms with Crippen molar-refractivity contribution >= 4 is 22.7 Å². The monoisotopic (exact) mass is 438 g/mol. The van der Waals surface area contributed by atoms with Gasteiger partial charge < -0.3 is 19.7 Å². The maximum atomic E-state index is 14.5. The largest absolute Gasteiger partial charge is 0.496 e. The third-order valence-corrected chi connectivity index (χ3v) is 5.20. The molecule has 0 saturated heterocycles. The molecule has 4 rings (SSSR count). The van der Waals surface area contributed by atoms with E-state index in [4.69, 9.17) is 9.84 Å². The number of carboxylic acids is 1. The lowest BCUT2D eigenvalue weighted by atomic mass is 10.1. The lowest BCUT2D eigenvalue weighted by Crippen LogP contribution is -2.13. The highest BCUT2D eigenvalue weighted by molar-refractivity contribution is 5.89. The van der Waals surface area contributed by atoms with E-state index in [-0.39, 0.29) is 5.82 Å². The van der Waals surface area contributed by atoms with Crippen molar-refractivity contribution in [3.63, 3.8) is 0 Å². The molecule has 0 aliphatic carbocycles. The Labute approximate surface area is 182 Å². The maximum Gasteiger partial charge on any atom is 0.338 e. The lowest BCUT2D eigenvalue weighted by molar-refractivity contribution is 0.0692. The standard InChI is InChI=1S/C23H20F2N4O3/c1-13-9-16-20(32-2)6-5-17(24)22(16)29(13)8-7-26-21-11-19(27-12-28-21)14-3-4-15(23(30)31)18(25)10-14/h3-6,9-12H,7-8H2,1-2H3,(H,30,31)(H,26,27,28). The number of aryl methyl sites for hydroxylation is 1. The van der Waals surface area contributed by atoms with Crippen molar-refractivity contribution in [2.24, 2.45) is 0 Å². The fraction of sp³-hybridized carbons (Fsp3) is 0.174. The van der Waals surface area contributed by atoms with Gasteiger partial charge in [0.25, 0.3) is 0 Å². The van der Waals surface area contributed by atoms with Crippen LogP contribution in [0.4, 0.5) is 14.6 Å². The molecule has 0 atom stereocenters. The number of nitrogens with zero attached hydrogens (tertiary/aromatic N) is 3. The molecule has 9 heteroatoms. The highest BCUT2D eigenvalue weighted by atomic mass is 19.1. The number of benzene rings is 2. The number of rotatable bonds is 7. The smallest absolute Gasteiger partial charge is 0.338 e. The van der Waals surface area contributed by atoms with Gasteiger partial charge >= 0.3 is 5.97 Å². The van der Waals surface area contributed by atoms with Gasteiger partial charge in [-0.2, -0.15) is 0 Å². The molecule has 2 heterocycles. The third kappa shape index (κ3) is 3.96. The van der Waals surface area contributed by atoms with Crippen LogP contribution in [0.3, 0.4) is 0 Å².